The lowest BCUT2D eigenvalue weighted by atomic mass is 10.1. The molecule has 132 valence electrons. The first kappa shape index (κ1) is 17.6. The molecule has 0 bridgehead atoms. The Morgan fingerprint density at radius 3 is 2.73 bits per heavy atom. The molecular weight excluding hydrogens is 332 g/mol. The highest BCUT2D eigenvalue weighted by Crippen LogP contribution is 2.15. The Bertz CT molecular complexity index is 854. The third-order valence-corrected chi connectivity index (χ3v) is 4.07. The molecule has 0 radical (unpaired) electrons. The number of pyridine rings is 1. The van der Waals surface area contributed by atoms with E-state index in [1.165, 1.54) is 18.5 Å². The number of anilines is 1. The van der Waals surface area contributed by atoms with Gasteiger partial charge in [0.25, 0.3) is 11.8 Å². The Hall–Kier alpha value is -3.24. The van der Waals surface area contributed by atoms with Crippen LogP contribution in [0, 0.1) is 11.3 Å². The van der Waals surface area contributed by atoms with Crippen LogP contribution in [0.15, 0.2) is 42.7 Å². The monoisotopic (exact) mass is 350 g/mol. The number of carbonyl (C=O) groups is 2. The molecule has 26 heavy (non-hydrogen) atoms. The summed E-state index contributed by atoms with van der Waals surface area (Å²) in [5.41, 5.74) is 1.30. The molecule has 1 fully saturated rings. The van der Waals surface area contributed by atoms with Gasteiger partial charge in [-0.3, -0.25) is 14.6 Å². The smallest absolute Gasteiger partial charge is 0.257 e. The largest absolute Gasteiger partial charge is 0.376 e. The van der Waals surface area contributed by atoms with Crippen LogP contribution in [0.1, 0.15) is 39.1 Å². The van der Waals surface area contributed by atoms with Crippen molar-refractivity contribution in [3.05, 3.63) is 59.4 Å². The minimum atomic E-state index is -0.436. The van der Waals surface area contributed by atoms with Gasteiger partial charge in [-0.05, 0) is 31.0 Å². The first-order chi connectivity index (χ1) is 12.7. The van der Waals surface area contributed by atoms with Crippen LogP contribution in [0.5, 0.6) is 0 Å². The molecule has 1 aliphatic heterocycles. The molecule has 3 rings (SSSR count). The fourth-order valence-corrected chi connectivity index (χ4v) is 2.69. The van der Waals surface area contributed by atoms with Crippen molar-refractivity contribution in [3.8, 4) is 6.07 Å². The van der Waals surface area contributed by atoms with E-state index < -0.39 is 5.91 Å². The lowest BCUT2D eigenvalue weighted by Crippen LogP contribution is -2.32. The van der Waals surface area contributed by atoms with Crippen LogP contribution in [-0.4, -0.2) is 36.1 Å². The molecule has 0 saturated carbocycles. The fraction of sp³-hybridized carbons (Fsp3) is 0.263. The summed E-state index contributed by atoms with van der Waals surface area (Å²) in [5.74, 6) is -0.742. The lowest BCUT2D eigenvalue weighted by molar-refractivity contribution is 0.0857. The molecule has 2 amide bonds. The molecule has 7 heteroatoms. The van der Waals surface area contributed by atoms with Crippen LogP contribution in [0.2, 0.25) is 0 Å². The minimum absolute atomic E-state index is 0.0425. The number of nitriles is 1. The van der Waals surface area contributed by atoms with Gasteiger partial charge in [0.05, 0.1) is 28.5 Å². The molecule has 0 spiro atoms. The van der Waals surface area contributed by atoms with Crippen LogP contribution in [-0.2, 0) is 4.74 Å². The van der Waals surface area contributed by atoms with Crippen LogP contribution in [0.3, 0.4) is 0 Å². The van der Waals surface area contributed by atoms with Gasteiger partial charge in [-0.2, -0.15) is 5.26 Å². The fourth-order valence-electron chi connectivity index (χ4n) is 2.69. The van der Waals surface area contributed by atoms with Crippen molar-refractivity contribution in [2.75, 3.05) is 18.5 Å². The number of para-hydroxylation sites is 1. The summed E-state index contributed by atoms with van der Waals surface area (Å²) in [5, 5.41) is 14.6. The predicted octanol–water partition coefficient (Wildman–Crippen LogP) is 2.11. The molecular formula is C19H18N4O3. The quantitative estimate of drug-likeness (QED) is 0.859. The number of carbonyl (C=O) groups excluding carboxylic acids is 2. The first-order valence-electron chi connectivity index (χ1n) is 8.32. The Labute approximate surface area is 151 Å². The third kappa shape index (κ3) is 4.23. The molecule has 1 aromatic carbocycles. The first-order valence-corrected chi connectivity index (χ1v) is 8.32. The van der Waals surface area contributed by atoms with E-state index in [-0.39, 0.29) is 17.6 Å². The predicted molar refractivity (Wildman–Crippen MR) is 94.7 cm³/mol. The van der Waals surface area contributed by atoms with E-state index in [9.17, 15) is 9.59 Å². The average molecular weight is 350 g/mol. The average Bonchev–Trinajstić information content (AvgIpc) is 3.20. The van der Waals surface area contributed by atoms with E-state index in [0.717, 1.165) is 19.4 Å². The summed E-state index contributed by atoms with van der Waals surface area (Å²) in [6, 6.07) is 10.2. The van der Waals surface area contributed by atoms with Gasteiger partial charge in [0.1, 0.15) is 6.07 Å². The number of aromatic nitrogens is 1. The van der Waals surface area contributed by atoms with Crippen molar-refractivity contribution < 1.29 is 14.3 Å². The van der Waals surface area contributed by atoms with Gasteiger partial charge in [-0.25, -0.2) is 0 Å². The molecule has 7 nitrogen and oxygen atoms in total. The number of nitrogens with zero attached hydrogens (tertiary/aromatic N) is 2. The molecule has 1 saturated heterocycles. The van der Waals surface area contributed by atoms with Crippen LogP contribution in [0.25, 0.3) is 0 Å². The summed E-state index contributed by atoms with van der Waals surface area (Å²) in [7, 11) is 0. The van der Waals surface area contributed by atoms with Crippen LogP contribution < -0.4 is 10.6 Å². The highest BCUT2D eigenvalue weighted by Gasteiger charge is 2.17. The van der Waals surface area contributed by atoms with E-state index >= 15 is 0 Å². The number of nitrogens with one attached hydrogen (secondary N) is 2. The van der Waals surface area contributed by atoms with Gasteiger partial charge in [-0.15, -0.1) is 0 Å². The lowest BCUT2D eigenvalue weighted by Gasteiger charge is -2.11. The van der Waals surface area contributed by atoms with E-state index in [4.69, 9.17) is 10.00 Å². The van der Waals surface area contributed by atoms with Crippen molar-refractivity contribution in [2.24, 2.45) is 0 Å². The number of hydrogen-bond acceptors (Lipinski definition) is 5. The van der Waals surface area contributed by atoms with Crippen molar-refractivity contribution in [2.45, 2.75) is 18.9 Å². The molecule has 1 unspecified atom stereocenters. The molecule has 2 N–H and O–H groups in total. The van der Waals surface area contributed by atoms with E-state index in [2.05, 4.69) is 15.6 Å². The van der Waals surface area contributed by atoms with E-state index in [1.807, 2.05) is 6.07 Å². The number of ether oxygens (including phenoxy) is 1. The van der Waals surface area contributed by atoms with E-state index in [0.29, 0.717) is 23.4 Å². The van der Waals surface area contributed by atoms with Gasteiger partial charge in [0.2, 0.25) is 0 Å². The second-order valence-corrected chi connectivity index (χ2v) is 5.92. The zero-order valence-electron chi connectivity index (χ0n) is 14.1. The number of hydrogen-bond donors (Lipinski definition) is 2. The van der Waals surface area contributed by atoms with Crippen LogP contribution >= 0.6 is 0 Å². The number of amides is 2. The van der Waals surface area contributed by atoms with Gasteiger partial charge >= 0.3 is 0 Å². The topological polar surface area (TPSA) is 104 Å². The van der Waals surface area contributed by atoms with E-state index in [1.54, 1.807) is 24.3 Å². The summed E-state index contributed by atoms with van der Waals surface area (Å²) < 4.78 is 5.47. The van der Waals surface area contributed by atoms with Crippen molar-refractivity contribution in [1.29, 1.82) is 5.26 Å². The standard InChI is InChI=1S/C19H18N4O3/c20-9-13-4-1-2-6-17(13)23-19(25)15-8-14(10-21-11-15)18(24)22-12-16-5-3-7-26-16/h1-2,4,6,8,10-11,16H,3,5,7,12H2,(H,22,24)(H,23,25). The zero-order chi connectivity index (χ0) is 18.4. The maximum atomic E-state index is 12.4. The van der Waals surface area contributed by atoms with Gasteiger partial charge in [-0.1, -0.05) is 12.1 Å². The zero-order valence-corrected chi connectivity index (χ0v) is 14.1. The molecule has 1 aromatic heterocycles. The molecule has 2 aromatic rings. The Kier molecular flexibility index (Phi) is 5.56. The molecule has 1 atom stereocenters. The normalized spacial score (nSPS) is 15.9. The molecule has 0 aliphatic carbocycles. The van der Waals surface area contributed by atoms with Crippen molar-refractivity contribution >= 4 is 17.5 Å². The Morgan fingerprint density at radius 2 is 2.00 bits per heavy atom. The maximum absolute atomic E-state index is 12.4. The molecule has 1 aliphatic rings. The summed E-state index contributed by atoms with van der Waals surface area (Å²) in [4.78, 5) is 28.6. The summed E-state index contributed by atoms with van der Waals surface area (Å²) in [6.07, 6.45) is 4.76. The van der Waals surface area contributed by atoms with Crippen LogP contribution in [0.4, 0.5) is 5.69 Å². The second-order valence-electron chi connectivity index (χ2n) is 5.92. The number of rotatable bonds is 5. The van der Waals surface area contributed by atoms with Gasteiger partial charge in [0.15, 0.2) is 0 Å². The van der Waals surface area contributed by atoms with Gasteiger partial charge in [0, 0.05) is 25.5 Å². The summed E-state index contributed by atoms with van der Waals surface area (Å²) in [6.45, 7) is 1.16. The Balaban J connectivity index is 1.67. The molecule has 2 heterocycles. The van der Waals surface area contributed by atoms with Crippen molar-refractivity contribution in [1.82, 2.24) is 10.3 Å². The highest BCUT2D eigenvalue weighted by molar-refractivity contribution is 6.06. The Morgan fingerprint density at radius 1 is 1.23 bits per heavy atom. The second kappa shape index (κ2) is 8.23. The highest BCUT2D eigenvalue weighted by atomic mass is 16.5. The minimum Gasteiger partial charge on any atom is -0.376 e. The maximum Gasteiger partial charge on any atom is 0.257 e. The van der Waals surface area contributed by atoms with Gasteiger partial charge < -0.3 is 15.4 Å². The summed E-state index contributed by atoms with van der Waals surface area (Å²) >= 11 is 0. The SMILES string of the molecule is N#Cc1ccccc1NC(=O)c1cncc(C(=O)NCC2CCCO2)c1. The number of benzene rings is 1. The van der Waals surface area contributed by atoms with Crippen molar-refractivity contribution in [3.63, 3.8) is 0 Å². The third-order valence-electron chi connectivity index (χ3n) is 4.07.